The number of hydrogen-bond acceptors (Lipinski definition) is 4. The lowest BCUT2D eigenvalue weighted by atomic mass is 10.4. The van der Waals surface area contributed by atoms with Gasteiger partial charge in [-0.1, -0.05) is 0 Å². The minimum Gasteiger partial charge on any atom is -0.464 e. The maximum absolute atomic E-state index is 11.2. The summed E-state index contributed by atoms with van der Waals surface area (Å²) in [6.07, 6.45) is 1.55. The van der Waals surface area contributed by atoms with Crippen LogP contribution in [0.1, 0.15) is 10.5 Å². The summed E-state index contributed by atoms with van der Waals surface area (Å²) in [5, 5.41) is 2.80. The van der Waals surface area contributed by atoms with Gasteiger partial charge in [-0.15, -0.1) is 0 Å². The van der Waals surface area contributed by atoms with E-state index in [1.165, 1.54) is 7.11 Å². The van der Waals surface area contributed by atoms with E-state index in [0.29, 0.717) is 11.5 Å². The van der Waals surface area contributed by atoms with Gasteiger partial charge in [0.25, 0.3) is 0 Å². The normalized spacial score (nSPS) is 9.58. The molecule has 0 bridgehead atoms. The number of anilines is 1. The average Bonchev–Trinajstić information content (AvgIpc) is 2.45. The lowest BCUT2D eigenvalue weighted by molar-refractivity contribution is 0.0591. The summed E-state index contributed by atoms with van der Waals surface area (Å²) < 4.78 is 6.19. The van der Waals surface area contributed by atoms with Gasteiger partial charge in [0.1, 0.15) is 0 Å². The molecule has 0 aromatic carbocycles. The molecule has 1 aromatic rings. The molecule has 1 heterocycles. The van der Waals surface area contributed by atoms with Crippen molar-refractivity contribution in [3.05, 3.63) is 12.0 Å². The third-order valence-corrected chi connectivity index (χ3v) is 1.55. The molecule has 0 spiro atoms. The summed E-state index contributed by atoms with van der Waals surface area (Å²) in [6, 6.07) is 0. The van der Waals surface area contributed by atoms with Crippen molar-refractivity contribution in [2.45, 2.75) is 0 Å². The predicted octanol–water partition coefficient (Wildman–Crippen LogP) is 0.248. The van der Waals surface area contributed by atoms with Gasteiger partial charge in [0.05, 0.1) is 13.4 Å². The zero-order chi connectivity index (χ0) is 9.14. The van der Waals surface area contributed by atoms with Crippen LogP contribution in [0.15, 0.2) is 6.33 Å². The van der Waals surface area contributed by atoms with Crippen LogP contribution in [0.5, 0.6) is 0 Å². The van der Waals surface area contributed by atoms with Crippen molar-refractivity contribution in [1.29, 1.82) is 0 Å². The fraction of sp³-hybridized carbons (Fsp3) is 0.429. The van der Waals surface area contributed by atoms with E-state index in [0.717, 1.165) is 0 Å². The number of rotatable bonds is 2. The van der Waals surface area contributed by atoms with Crippen LogP contribution >= 0.6 is 0 Å². The molecule has 0 saturated carbocycles. The van der Waals surface area contributed by atoms with Gasteiger partial charge in [0, 0.05) is 14.1 Å². The highest BCUT2D eigenvalue weighted by Crippen LogP contribution is 2.11. The Morgan fingerprint density at radius 1 is 1.75 bits per heavy atom. The fourth-order valence-corrected chi connectivity index (χ4v) is 0.951. The molecule has 5 heteroatoms. The minimum atomic E-state index is -0.389. The summed E-state index contributed by atoms with van der Waals surface area (Å²) in [7, 11) is 4.78. The van der Waals surface area contributed by atoms with Crippen LogP contribution in [0.2, 0.25) is 0 Å². The zero-order valence-corrected chi connectivity index (χ0v) is 7.29. The van der Waals surface area contributed by atoms with Gasteiger partial charge in [-0.25, -0.2) is 9.78 Å². The standard InChI is InChI=1S/C7H11N3O2/c1-8-6-5(7(11)12-3)10(2)4-9-6/h4,8H,1-3H3. The average molecular weight is 169 g/mol. The number of aromatic nitrogens is 2. The second kappa shape index (κ2) is 3.25. The number of aryl methyl sites for hydroxylation is 1. The first-order valence-electron chi connectivity index (χ1n) is 3.48. The first-order valence-corrected chi connectivity index (χ1v) is 3.48. The van der Waals surface area contributed by atoms with Gasteiger partial charge >= 0.3 is 5.97 Å². The van der Waals surface area contributed by atoms with E-state index in [1.807, 2.05) is 0 Å². The number of ether oxygens (including phenoxy) is 1. The van der Waals surface area contributed by atoms with Crippen LogP contribution < -0.4 is 5.32 Å². The molecule has 0 unspecified atom stereocenters. The maximum Gasteiger partial charge on any atom is 0.358 e. The van der Waals surface area contributed by atoms with Crippen LogP contribution in [0.25, 0.3) is 0 Å². The first-order chi connectivity index (χ1) is 5.70. The Morgan fingerprint density at radius 2 is 2.42 bits per heavy atom. The highest BCUT2D eigenvalue weighted by Gasteiger charge is 2.15. The van der Waals surface area contributed by atoms with E-state index < -0.39 is 0 Å². The van der Waals surface area contributed by atoms with Crippen molar-refractivity contribution in [3.63, 3.8) is 0 Å². The predicted molar refractivity (Wildman–Crippen MR) is 44.1 cm³/mol. The number of hydrogen-bond donors (Lipinski definition) is 1. The van der Waals surface area contributed by atoms with Gasteiger partial charge in [-0.05, 0) is 0 Å². The van der Waals surface area contributed by atoms with E-state index in [1.54, 1.807) is 25.0 Å². The van der Waals surface area contributed by atoms with Crippen LogP contribution in [-0.2, 0) is 11.8 Å². The van der Waals surface area contributed by atoms with Crippen LogP contribution in [-0.4, -0.2) is 29.7 Å². The van der Waals surface area contributed by atoms with Crippen molar-refractivity contribution in [1.82, 2.24) is 9.55 Å². The minimum absolute atomic E-state index is 0.389. The van der Waals surface area contributed by atoms with Gasteiger partial charge in [-0.2, -0.15) is 0 Å². The van der Waals surface area contributed by atoms with Crippen LogP contribution in [0, 0.1) is 0 Å². The molecule has 1 N–H and O–H groups in total. The number of carbonyl (C=O) groups is 1. The smallest absolute Gasteiger partial charge is 0.358 e. The molecule has 0 amide bonds. The first kappa shape index (κ1) is 8.58. The third-order valence-electron chi connectivity index (χ3n) is 1.55. The number of esters is 1. The lowest BCUT2D eigenvalue weighted by Crippen LogP contribution is -2.09. The Bertz CT molecular complexity index is 293. The Morgan fingerprint density at radius 3 is 2.92 bits per heavy atom. The van der Waals surface area contributed by atoms with Gasteiger partial charge in [-0.3, -0.25) is 0 Å². The molecule has 1 rings (SSSR count). The number of methoxy groups -OCH3 is 1. The number of nitrogens with one attached hydrogen (secondary N) is 1. The topological polar surface area (TPSA) is 56.2 Å². The molecule has 0 fully saturated rings. The molecule has 0 aliphatic carbocycles. The fourth-order valence-electron chi connectivity index (χ4n) is 0.951. The van der Waals surface area contributed by atoms with Crippen molar-refractivity contribution < 1.29 is 9.53 Å². The van der Waals surface area contributed by atoms with Crippen molar-refractivity contribution in [2.75, 3.05) is 19.5 Å². The molecule has 0 atom stereocenters. The van der Waals surface area contributed by atoms with Crippen LogP contribution in [0.3, 0.4) is 0 Å². The largest absolute Gasteiger partial charge is 0.464 e. The summed E-state index contributed by atoms with van der Waals surface area (Å²) in [4.78, 5) is 15.1. The highest BCUT2D eigenvalue weighted by molar-refractivity contribution is 5.92. The summed E-state index contributed by atoms with van der Waals surface area (Å²) >= 11 is 0. The zero-order valence-electron chi connectivity index (χ0n) is 7.29. The quantitative estimate of drug-likeness (QED) is 0.645. The molecule has 5 nitrogen and oxygen atoms in total. The van der Waals surface area contributed by atoms with Crippen LogP contribution in [0.4, 0.5) is 5.82 Å². The van der Waals surface area contributed by atoms with Gasteiger partial charge in [0.2, 0.25) is 0 Å². The van der Waals surface area contributed by atoms with Crippen molar-refractivity contribution in [2.24, 2.45) is 7.05 Å². The van der Waals surface area contributed by atoms with E-state index in [2.05, 4.69) is 15.0 Å². The molecular weight excluding hydrogens is 158 g/mol. The summed E-state index contributed by atoms with van der Waals surface area (Å²) in [5.41, 5.74) is 0.431. The molecule has 0 aliphatic heterocycles. The number of imidazole rings is 1. The Labute approximate surface area is 70.4 Å². The van der Waals surface area contributed by atoms with Crippen molar-refractivity contribution in [3.8, 4) is 0 Å². The summed E-state index contributed by atoms with van der Waals surface area (Å²) in [5.74, 6) is 0.142. The maximum atomic E-state index is 11.2. The van der Waals surface area contributed by atoms with Gasteiger partial charge in [0.15, 0.2) is 11.5 Å². The van der Waals surface area contributed by atoms with E-state index in [-0.39, 0.29) is 5.97 Å². The molecule has 1 aromatic heterocycles. The Balaban J connectivity index is 3.10. The number of carbonyl (C=O) groups excluding carboxylic acids is 1. The number of nitrogens with zero attached hydrogens (tertiary/aromatic N) is 2. The SMILES string of the molecule is CNc1ncn(C)c1C(=O)OC. The molecular formula is C7H11N3O2. The second-order valence-electron chi connectivity index (χ2n) is 2.29. The highest BCUT2D eigenvalue weighted by atomic mass is 16.5. The summed E-state index contributed by atoms with van der Waals surface area (Å²) in [6.45, 7) is 0. The second-order valence-corrected chi connectivity index (χ2v) is 2.29. The Hall–Kier alpha value is -1.52. The molecule has 0 radical (unpaired) electrons. The van der Waals surface area contributed by atoms with Crippen molar-refractivity contribution >= 4 is 11.8 Å². The molecule has 0 saturated heterocycles. The monoisotopic (exact) mass is 169 g/mol. The van der Waals surface area contributed by atoms with E-state index in [9.17, 15) is 4.79 Å². The Kier molecular flexibility index (Phi) is 2.32. The molecule has 0 aliphatic rings. The van der Waals surface area contributed by atoms with E-state index >= 15 is 0 Å². The van der Waals surface area contributed by atoms with Gasteiger partial charge < -0.3 is 14.6 Å². The molecule has 12 heavy (non-hydrogen) atoms. The van der Waals surface area contributed by atoms with E-state index in [4.69, 9.17) is 0 Å². The third kappa shape index (κ3) is 1.25. The molecule has 66 valence electrons. The lowest BCUT2D eigenvalue weighted by Gasteiger charge is -2.01.